The third kappa shape index (κ3) is 16.3. The lowest BCUT2D eigenvalue weighted by molar-refractivity contribution is -0.956. The Labute approximate surface area is 481 Å². The molecule has 4 aromatic carbocycles. The number of rotatable bonds is 33. The summed E-state index contributed by atoms with van der Waals surface area (Å²) in [6, 6.07) is 20.7. The molecule has 80 heavy (non-hydrogen) atoms. The third-order valence-corrected chi connectivity index (χ3v) is 18.8. The molecule has 11 heteroatoms. The maximum Gasteiger partial charge on any atom is 0.362 e. The lowest BCUT2D eigenvalue weighted by atomic mass is 9.83. The number of nitrogens with zero attached hydrogens (tertiary/aromatic N) is 2. The highest BCUT2D eigenvalue weighted by Crippen LogP contribution is 2.51. The Morgan fingerprint density at radius 3 is 1.46 bits per heavy atom. The Hall–Kier alpha value is -5.26. The van der Waals surface area contributed by atoms with Gasteiger partial charge >= 0.3 is 11.9 Å². The van der Waals surface area contributed by atoms with Gasteiger partial charge in [-0.3, -0.25) is 0 Å². The van der Waals surface area contributed by atoms with Gasteiger partial charge in [-0.15, -0.1) is 0 Å². The van der Waals surface area contributed by atoms with Gasteiger partial charge in [0.25, 0.3) is 0 Å². The van der Waals surface area contributed by atoms with E-state index in [1.165, 1.54) is 116 Å². The molecule has 2 N–H and O–H groups in total. The van der Waals surface area contributed by atoms with Gasteiger partial charge < -0.3 is 42.9 Å². The first-order valence-corrected chi connectivity index (χ1v) is 31.6. The molecule has 4 aliphatic rings. The van der Waals surface area contributed by atoms with Crippen molar-refractivity contribution < 1.29 is 52.5 Å². The van der Waals surface area contributed by atoms with Crippen LogP contribution in [0.1, 0.15) is 226 Å². The number of hydrogen-bond donors (Lipinski definition) is 2. The number of carboxylic acids is 2. The van der Waals surface area contributed by atoms with E-state index in [9.17, 15) is 19.8 Å². The molecule has 0 spiro atoms. The number of aliphatic carboxylic acids is 2. The van der Waals surface area contributed by atoms with Gasteiger partial charge in [0, 0.05) is 50.2 Å². The zero-order valence-electron chi connectivity index (χ0n) is 50.4. The van der Waals surface area contributed by atoms with E-state index in [2.05, 4.69) is 64.3 Å². The minimum atomic E-state index is -0.779. The Balaban J connectivity index is 1.23. The number of unbranched alkanes of at least 4 members (excludes halogenated alkanes) is 22. The summed E-state index contributed by atoms with van der Waals surface area (Å²) in [5.74, 6) is 2.69. The Morgan fingerprint density at radius 1 is 0.500 bits per heavy atom. The molecule has 0 radical (unpaired) electrons. The lowest BCUT2D eigenvalue weighted by Gasteiger charge is -2.49. The molecule has 0 saturated heterocycles. The predicted octanol–water partition coefficient (Wildman–Crippen LogP) is 17.3. The summed E-state index contributed by atoms with van der Waals surface area (Å²) in [5, 5.41) is 22.6. The van der Waals surface area contributed by atoms with Gasteiger partial charge in [0.15, 0.2) is 35.1 Å². The second-order valence-corrected chi connectivity index (χ2v) is 24.4. The highest BCUT2D eigenvalue weighted by molar-refractivity contribution is 5.73. The van der Waals surface area contributed by atoms with Crippen LogP contribution in [0.2, 0.25) is 0 Å². The summed E-state index contributed by atoms with van der Waals surface area (Å²) >= 11 is 0. The van der Waals surface area contributed by atoms with Crippen LogP contribution in [0.15, 0.2) is 66.7 Å². The quantitative estimate of drug-likeness (QED) is 0.0355. The predicted molar refractivity (Wildman–Crippen MR) is 322 cm³/mol. The van der Waals surface area contributed by atoms with E-state index in [1.54, 1.807) is 21.3 Å². The van der Waals surface area contributed by atoms with Gasteiger partial charge in [0.05, 0.1) is 54.1 Å². The second-order valence-electron chi connectivity index (χ2n) is 24.4. The van der Waals surface area contributed by atoms with Crippen molar-refractivity contribution in [2.45, 2.75) is 231 Å². The van der Waals surface area contributed by atoms with Crippen molar-refractivity contribution >= 4 is 11.9 Å². The topological polar surface area (TPSA) is 121 Å². The number of fused-ring (bicyclic) bond motifs is 2. The normalized spacial score (nSPS) is 20.1. The summed E-state index contributed by atoms with van der Waals surface area (Å²) < 4.78 is 32.9. The average Bonchev–Trinajstić information content (AvgIpc) is 3.46. The van der Waals surface area contributed by atoms with Crippen LogP contribution in [-0.4, -0.2) is 91.7 Å². The molecular weight excluding hydrogens is 1000 g/mol. The molecule has 8 rings (SSSR count). The molecule has 6 atom stereocenters. The maximum absolute atomic E-state index is 13.9. The van der Waals surface area contributed by atoms with Gasteiger partial charge in [-0.2, -0.15) is 0 Å². The fourth-order valence-corrected chi connectivity index (χ4v) is 13.9. The fraction of sp³-hybridized carbons (Fsp3) is 0.623. The van der Waals surface area contributed by atoms with E-state index in [-0.39, 0.29) is 12.1 Å². The molecule has 6 bridgehead atoms. The molecule has 0 amide bonds. The Morgan fingerprint density at radius 2 is 0.963 bits per heavy atom. The van der Waals surface area contributed by atoms with E-state index in [0.717, 1.165) is 71.9 Å². The summed E-state index contributed by atoms with van der Waals surface area (Å²) in [5.41, 5.74) is 6.27. The lowest BCUT2D eigenvalue weighted by Crippen LogP contribution is -2.61. The minimum absolute atomic E-state index is 0.226. The number of benzene rings is 4. The van der Waals surface area contributed by atoms with Crippen LogP contribution >= 0.6 is 0 Å². The van der Waals surface area contributed by atoms with E-state index < -0.39 is 24.0 Å². The SMILES string of the molecule is CCCCCCCCCCCCCCC(C(=O)O)[N+]1(C)CCc2cc(OC)c3cc2C1Cc1ccc(cc1)Oc1cc(ccc1OC)CC1c2c(cc(OC)cc2O3)CC[N+]1(C)C(CCCCCCCCCCCCCC)C(=O)O. The number of hydrogen-bond acceptors (Lipinski definition) is 7. The van der Waals surface area contributed by atoms with Crippen LogP contribution in [0.3, 0.4) is 0 Å². The van der Waals surface area contributed by atoms with E-state index >= 15 is 0 Å². The monoisotopic (exact) mass is 1100 g/mol. The van der Waals surface area contributed by atoms with Crippen LogP contribution in [0.25, 0.3) is 0 Å². The van der Waals surface area contributed by atoms with Gasteiger partial charge in [-0.25, -0.2) is 9.59 Å². The van der Waals surface area contributed by atoms with Gasteiger partial charge in [-0.1, -0.05) is 173 Å². The number of carbonyl (C=O) groups is 2. The van der Waals surface area contributed by atoms with E-state index in [4.69, 9.17) is 23.7 Å². The molecule has 0 aliphatic carbocycles. The molecule has 0 aromatic heterocycles. The first-order valence-electron chi connectivity index (χ1n) is 31.6. The van der Waals surface area contributed by atoms with Crippen LogP contribution in [0.5, 0.6) is 40.2 Å². The first-order chi connectivity index (χ1) is 38.9. The molecule has 6 unspecified atom stereocenters. The number of ether oxygens (including phenoxy) is 5. The number of likely N-dealkylation sites (N-methyl/N-ethyl adjacent to an activating group) is 2. The van der Waals surface area contributed by atoms with Crippen molar-refractivity contribution in [1.82, 2.24) is 0 Å². The number of quaternary nitrogens is 2. The molecule has 4 aromatic rings. The zero-order chi connectivity index (χ0) is 56.9. The van der Waals surface area contributed by atoms with Gasteiger partial charge in [-0.05, 0) is 77.6 Å². The molecule has 4 aliphatic heterocycles. The van der Waals surface area contributed by atoms with Crippen molar-refractivity contribution in [3.8, 4) is 40.2 Å². The van der Waals surface area contributed by atoms with Crippen molar-refractivity contribution in [3.05, 3.63) is 100 Å². The third-order valence-electron chi connectivity index (χ3n) is 18.8. The molecule has 0 saturated carbocycles. The second kappa shape index (κ2) is 31.2. The maximum atomic E-state index is 13.9. The van der Waals surface area contributed by atoms with Crippen LogP contribution in [-0.2, 0) is 35.3 Å². The van der Waals surface area contributed by atoms with Crippen molar-refractivity contribution in [2.24, 2.45) is 0 Å². The average molecular weight is 1100 g/mol. The highest BCUT2D eigenvalue weighted by atomic mass is 16.5. The number of methoxy groups -OCH3 is 3. The molecule has 4 heterocycles. The van der Waals surface area contributed by atoms with Crippen molar-refractivity contribution in [1.29, 1.82) is 0 Å². The van der Waals surface area contributed by atoms with Crippen LogP contribution < -0.4 is 23.7 Å². The van der Waals surface area contributed by atoms with Gasteiger partial charge in [0.2, 0.25) is 0 Å². The largest absolute Gasteiger partial charge is 0.497 e. The highest BCUT2D eigenvalue weighted by Gasteiger charge is 2.51. The zero-order valence-corrected chi connectivity index (χ0v) is 50.4. The standard InChI is InChI=1S/C69H100N2O9/c1-8-10-12-14-16-18-20-22-24-26-28-30-32-58(68(72)73)70(3)42-40-53-48-63(78-7)65-50-57(53)60(70)44-51-34-37-55(38-35-51)79-64-46-52(36-39-62(64)77-6)45-61-67-54(47-56(76-5)49-66(67)80-65)41-43-71(61,4)59(69(74)75)33-31-29-27-25-23-21-19-17-15-13-11-9-2/h34-39,46-50,58-61H,8-33,40-45H2,1-7H3/p+2. The minimum Gasteiger partial charge on any atom is -0.497 e. The van der Waals surface area contributed by atoms with Crippen molar-refractivity contribution in [2.75, 3.05) is 48.5 Å². The van der Waals surface area contributed by atoms with E-state index in [1.807, 2.05) is 30.3 Å². The van der Waals surface area contributed by atoms with Crippen molar-refractivity contribution in [3.63, 3.8) is 0 Å². The first kappa shape index (κ1) is 62.3. The van der Waals surface area contributed by atoms with Crippen LogP contribution in [0.4, 0.5) is 0 Å². The molecular formula is C69H102N2O9+2. The van der Waals surface area contributed by atoms with Gasteiger partial charge in [0.1, 0.15) is 29.3 Å². The smallest absolute Gasteiger partial charge is 0.362 e. The Kier molecular flexibility index (Phi) is 24.4. The molecule has 0 fully saturated rings. The summed E-state index contributed by atoms with van der Waals surface area (Å²) in [6.07, 6.45) is 32.9. The fourth-order valence-electron chi connectivity index (χ4n) is 13.9. The Bertz CT molecular complexity index is 2560. The summed E-state index contributed by atoms with van der Waals surface area (Å²) in [6.45, 7) is 5.82. The van der Waals surface area contributed by atoms with Crippen LogP contribution in [0, 0.1) is 0 Å². The summed E-state index contributed by atoms with van der Waals surface area (Å²) in [4.78, 5) is 27.6. The molecule has 440 valence electrons. The summed E-state index contributed by atoms with van der Waals surface area (Å²) in [7, 11) is 9.32. The number of carboxylic acid groups (broad SMARTS) is 2. The molecule has 11 nitrogen and oxygen atoms in total. The van der Waals surface area contributed by atoms with E-state index in [0.29, 0.717) is 101 Å².